The van der Waals surface area contributed by atoms with Gasteiger partial charge in [0.25, 0.3) is 0 Å². The van der Waals surface area contributed by atoms with Gasteiger partial charge in [0.15, 0.2) is 0 Å². The van der Waals surface area contributed by atoms with Crippen LogP contribution in [0.1, 0.15) is 18.3 Å². The first-order chi connectivity index (χ1) is 16.2. The van der Waals surface area contributed by atoms with E-state index in [9.17, 15) is 4.79 Å². The molecular weight excluding hydrogens is 410 g/mol. The lowest BCUT2D eigenvalue weighted by Gasteiger charge is -2.12. The Bertz CT molecular complexity index is 1420. The molecule has 5 heteroatoms. The molecule has 0 aliphatic carbocycles. The molecule has 1 heterocycles. The molecule has 1 aromatic heterocycles. The van der Waals surface area contributed by atoms with Crippen LogP contribution in [0.5, 0.6) is 5.75 Å². The third-order valence-corrected chi connectivity index (χ3v) is 5.77. The minimum Gasteiger partial charge on any atom is -0.486 e. The molecule has 164 valence electrons. The quantitative estimate of drug-likeness (QED) is 0.343. The Kier molecular flexibility index (Phi) is 5.77. The van der Waals surface area contributed by atoms with E-state index in [1.807, 2.05) is 83.4 Å². The molecule has 1 amide bonds. The maximum Gasteiger partial charge on any atom is 0.244 e. The molecule has 0 saturated carbocycles. The smallest absolute Gasteiger partial charge is 0.244 e. The fraction of sp³-hybridized carbons (Fsp3) is 0.143. The van der Waals surface area contributed by atoms with Crippen molar-refractivity contribution in [3.63, 3.8) is 0 Å². The Morgan fingerprint density at radius 2 is 1.67 bits per heavy atom. The monoisotopic (exact) mass is 435 g/mol. The van der Waals surface area contributed by atoms with E-state index in [4.69, 9.17) is 9.72 Å². The minimum absolute atomic E-state index is 0.102. The number of benzene rings is 4. The van der Waals surface area contributed by atoms with Crippen molar-refractivity contribution in [3.05, 3.63) is 102 Å². The van der Waals surface area contributed by atoms with Crippen LogP contribution in [0, 0.1) is 0 Å². The van der Waals surface area contributed by atoms with Crippen molar-refractivity contribution in [2.24, 2.45) is 0 Å². The summed E-state index contributed by atoms with van der Waals surface area (Å²) in [6.07, 6.45) is 0.968. The summed E-state index contributed by atoms with van der Waals surface area (Å²) in [5, 5.41) is 5.28. The molecule has 5 nitrogen and oxygen atoms in total. The van der Waals surface area contributed by atoms with Crippen molar-refractivity contribution in [1.82, 2.24) is 9.55 Å². The Balaban J connectivity index is 1.36. The molecule has 4 aromatic carbocycles. The highest BCUT2D eigenvalue weighted by molar-refractivity contribution is 5.91. The molecule has 5 rings (SSSR count). The number of nitrogens with one attached hydrogen (secondary N) is 1. The topological polar surface area (TPSA) is 56.2 Å². The zero-order valence-corrected chi connectivity index (χ0v) is 18.5. The SMILES string of the molecule is CCc1ccc(NC(=O)Cn2c(COc3ccc4ccccc4c3)nc3ccccc32)cc1. The van der Waals surface area contributed by atoms with Crippen LogP contribution in [0.4, 0.5) is 5.69 Å². The van der Waals surface area contributed by atoms with Crippen molar-refractivity contribution in [3.8, 4) is 5.75 Å². The van der Waals surface area contributed by atoms with Gasteiger partial charge in [-0.05, 0) is 59.2 Å². The van der Waals surface area contributed by atoms with Gasteiger partial charge in [-0.2, -0.15) is 0 Å². The first-order valence-electron chi connectivity index (χ1n) is 11.1. The fourth-order valence-corrected chi connectivity index (χ4v) is 3.98. The predicted molar refractivity (Wildman–Crippen MR) is 132 cm³/mol. The van der Waals surface area contributed by atoms with Crippen molar-refractivity contribution in [2.45, 2.75) is 26.5 Å². The molecule has 0 unspecified atom stereocenters. The van der Waals surface area contributed by atoms with E-state index in [-0.39, 0.29) is 19.1 Å². The second-order valence-electron chi connectivity index (χ2n) is 8.00. The molecule has 0 aliphatic rings. The number of aromatic nitrogens is 2. The average molecular weight is 436 g/mol. The normalized spacial score (nSPS) is 11.1. The van der Waals surface area contributed by atoms with Crippen molar-refractivity contribution < 1.29 is 9.53 Å². The van der Waals surface area contributed by atoms with Gasteiger partial charge in [0.05, 0.1) is 11.0 Å². The second kappa shape index (κ2) is 9.17. The number of ether oxygens (including phenoxy) is 1. The Morgan fingerprint density at radius 1 is 0.909 bits per heavy atom. The molecule has 0 saturated heterocycles. The van der Waals surface area contributed by atoms with E-state index >= 15 is 0 Å². The fourth-order valence-electron chi connectivity index (χ4n) is 3.98. The lowest BCUT2D eigenvalue weighted by atomic mass is 10.1. The summed E-state index contributed by atoms with van der Waals surface area (Å²) in [6.45, 7) is 2.54. The number of imidazole rings is 1. The molecular formula is C28H25N3O2. The van der Waals surface area contributed by atoms with E-state index in [1.165, 1.54) is 10.9 Å². The highest BCUT2D eigenvalue weighted by Gasteiger charge is 2.14. The van der Waals surface area contributed by atoms with Gasteiger partial charge >= 0.3 is 0 Å². The molecule has 0 fully saturated rings. The summed E-state index contributed by atoms with van der Waals surface area (Å²) in [4.78, 5) is 17.6. The third kappa shape index (κ3) is 4.58. The van der Waals surface area contributed by atoms with Crippen LogP contribution in [0.3, 0.4) is 0 Å². The van der Waals surface area contributed by atoms with Gasteiger partial charge in [0, 0.05) is 5.69 Å². The average Bonchev–Trinajstić information content (AvgIpc) is 3.20. The number of anilines is 1. The summed E-state index contributed by atoms with van der Waals surface area (Å²) in [5.74, 6) is 1.38. The number of amides is 1. The number of carbonyl (C=O) groups excluding carboxylic acids is 1. The Hall–Kier alpha value is -4.12. The molecule has 1 N–H and O–H groups in total. The number of hydrogen-bond acceptors (Lipinski definition) is 3. The highest BCUT2D eigenvalue weighted by Crippen LogP contribution is 2.23. The van der Waals surface area contributed by atoms with Crippen molar-refractivity contribution in [1.29, 1.82) is 0 Å². The number of para-hydroxylation sites is 2. The largest absolute Gasteiger partial charge is 0.486 e. The van der Waals surface area contributed by atoms with Gasteiger partial charge in [0.2, 0.25) is 5.91 Å². The summed E-state index contributed by atoms with van der Waals surface area (Å²) in [7, 11) is 0. The third-order valence-electron chi connectivity index (χ3n) is 5.77. The first kappa shape index (κ1) is 20.8. The van der Waals surface area contributed by atoms with E-state index in [1.54, 1.807) is 0 Å². The van der Waals surface area contributed by atoms with Gasteiger partial charge in [-0.1, -0.05) is 61.5 Å². The van der Waals surface area contributed by atoms with Crippen LogP contribution in [-0.2, 0) is 24.4 Å². The van der Waals surface area contributed by atoms with Gasteiger partial charge in [-0.15, -0.1) is 0 Å². The number of hydrogen-bond donors (Lipinski definition) is 1. The minimum atomic E-state index is -0.102. The van der Waals surface area contributed by atoms with Gasteiger partial charge in [-0.3, -0.25) is 4.79 Å². The van der Waals surface area contributed by atoms with Crippen LogP contribution in [0.25, 0.3) is 21.8 Å². The van der Waals surface area contributed by atoms with Crippen molar-refractivity contribution >= 4 is 33.4 Å². The highest BCUT2D eigenvalue weighted by atomic mass is 16.5. The zero-order chi connectivity index (χ0) is 22.6. The molecule has 0 radical (unpaired) electrons. The lowest BCUT2D eigenvalue weighted by molar-refractivity contribution is -0.116. The Labute approximate surface area is 192 Å². The number of aryl methyl sites for hydroxylation is 1. The summed E-state index contributed by atoms with van der Waals surface area (Å²) < 4.78 is 8.00. The van der Waals surface area contributed by atoms with Crippen LogP contribution >= 0.6 is 0 Å². The van der Waals surface area contributed by atoms with Crippen LogP contribution in [0.2, 0.25) is 0 Å². The maximum absolute atomic E-state index is 12.9. The van der Waals surface area contributed by atoms with Crippen LogP contribution in [0.15, 0.2) is 91.0 Å². The Morgan fingerprint density at radius 3 is 2.48 bits per heavy atom. The molecule has 0 aliphatic heterocycles. The van der Waals surface area contributed by atoms with E-state index in [0.29, 0.717) is 5.82 Å². The zero-order valence-electron chi connectivity index (χ0n) is 18.5. The van der Waals surface area contributed by atoms with Crippen LogP contribution < -0.4 is 10.1 Å². The summed E-state index contributed by atoms with van der Waals surface area (Å²) in [5.41, 5.74) is 3.78. The first-order valence-corrected chi connectivity index (χ1v) is 11.1. The summed E-state index contributed by atoms with van der Waals surface area (Å²) >= 11 is 0. The number of nitrogens with zero attached hydrogens (tertiary/aromatic N) is 2. The van der Waals surface area contributed by atoms with Gasteiger partial charge in [-0.25, -0.2) is 4.98 Å². The molecule has 5 aromatic rings. The predicted octanol–water partition coefficient (Wildman–Crippen LogP) is 5.97. The standard InChI is InChI=1S/C28H25N3O2/c1-2-20-11-14-23(15-12-20)29-28(32)18-31-26-10-6-5-9-25(26)30-27(31)19-33-24-16-13-21-7-3-4-8-22(21)17-24/h3-17H,2,18-19H2,1H3,(H,29,32). The van der Waals surface area contributed by atoms with Gasteiger partial charge in [0.1, 0.15) is 24.7 Å². The molecule has 0 bridgehead atoms. The number of carbonyl (C=O) groups is 1. The van der Waals surface area contributed by atoms with E-state index in [0.717, 1.165) is 34.3 Å². The molecule has 0 spiro atoms. The second-order valence-corrected chi connectivity index (χ2v) is 8.00. The van der Waals surface area contributed by atoms with Gasteiger partial charge < -0.3 is 14.6 Å². The lowest BCUT2D eigenvalue weighted by Crippen LogP contribution is -2.20. The molecule has 0 atom stereocenters. The maximum atomic E-state index is 12.9. The number of fused-ring (bicyclic) bond motifs is 2. The van der Waals surface area contributed by atoms with E-state index < -0.39 is 0 Å². The van der Waals surface area contributed by atoms with Crippen molar-refractivity contribution in [2.75, 3.05) is 5.32 Å². The van der Waals surface area contributed by atoms with Crippen LogP contribution in [-0.4, -0.2) is 15.5 Å². The number of rotatable bonds is 7. The molecule has 33 heavy (non-hydrogen) atoms. The summed E-state index contributed by atoms with van der Waals surface area (Å²) in [6, 6.07) is 30.0. The van der Waals surface area contributed by atoms with E-state index in [2.05, 4.69) is 24.4 Å².